The first-order valence-corrected chi connectivity index (χ1v) is 10.2. The fourth-order valence-electron chi connectivity index (χ4n) is 2.85. The van der Waals surface area contributed by atoms with E-state index in [9.17, 15) is 13.2 Å². The van der Waals surface area contributed by atoms with Gasteiger partial charge in [-0.25, -0.2) is 13.2 Å². The van der Waals surface area contributed by atoms with Crippen molar-refractivity contribution in [3.8, 4) is 11.5 Å². The van der Waals surface area contributed by atoms with Crippen molar-refractivity contribution < 1.29 is 22.7 Å². The molecule has 1 aromatic rings. The third-order valence-corrected chi connectivity index (χ3v) is 6.05. The first kappa shape index (κ1) is 20.3. The van der Waals surface area contributed by atoms with Crippen LogP contribution in [0.1, 0.15) is 6.42 Å². The maximum Gasteiger partial charge on any atom is 0.322 e. The summed E-state index contributed by atoms with van der Waals surface area (Å²) < 4.78 is 34.1. The van der Waals surface area contributed by atoms with Gasteiger partial charge in [-0.2, -0.15) is 0 Å². The third-order valence-electron chi connectivity index (χ3n) is 4.30. The van der Waals surface area contributed by atoms with E-state index in [1.165, 1.54) is 14.2 Å². The molecule has 1 atom stereocenters. The van der Waals surface area contributed by atoms with Crippen LogP contribution >= 0.6 is 0 Å². The van der Waals surface area contributed by atoms with Crippen LogP contribution in [0.15, 0.2) is 18.2 Å². The van der Waals surface area contributed by atoms with Gasteiger partial charge in [-0.1, -0.05) is 0 Å². The molecule has 0 aromatic heterocycles. The number of rotatable bonds is 7. The number of amides is 2. The van der Waals surface area contributed by atoms with Crippen LogP contribution in [-0.4, -0.2) is 83.2 Å². The number of hydrogen-bond acceptors (Lipinski definition) is 6. The lowest BCUT2D eigenvalue weighted by Gasteiger charge is -2.29. The first-order chi connectivity index (χ1) is 12.2. The molecule has 1 unspecified atom stereocenters. The van der Waals surface area contributed by atoms with Crippen LogP contribution in [0.2, 0.25) is 0 Å². The van der Waals surface area contributed by atoms with Gasteiger partial charge in [0.2, 0.25) is 0 Å². The second-order valence-electron chi connectivity index (χ2n) is 6.59. The molecule has 1 aliphatic rings. The number of urea groups is 1. The third kappa shape index (κ3) is 5.50. The molecule has 1 heterocycles. The van der Waals surface area contributed by atoms with Crippen molar-refractivity contribution in [2.24, 2.45) is 0 Å². The van der Waals surface area contributed by atoms with E-state index < -0.39 is 9.84 Å². The van der Waals surface area contributed by atoms with Crippen molar-refractivity contribution in [3.05, 3.63) is 18.2 Å². The molecule has 26 heavy (non-hydrogen) atoms. The Balaban J connectivity index is 2.18. The predicted molar refractivity (Wildman–Crippen MR) is 101 cm³/mol. The van der Waals surface area contributed by atoms with Gasteiger partial charge in [0, 0.05) is 43.0 Å². The molecule has 1 aromatic carbocycles. The number of anilines is 1. The summed E-state index contributed by atoms with van der Waals surface area (Å²) in [4.78, 5) is 16.4. The van der Waals surface area contributed by atoms with Crippen molar-refractivity contribution in [2.75, 3.05) is 58.2 Å². The maximum atomic E-state index is 12.8. The SMILES string of the molecule is COc1cc(NC(=O)N(CCN(C)C)C2CCS(=O)(=O)C2)cc(OC)c1. The molecule has 2 rings (SSSR count). The number of benzene rings is 1. The van der Waals surface area contributed by atoms with Gasteiger partial charge in [-0.05, 0) is 20.5 Å². The zero-order valence-electron chi connectivity index (χ0n) is 15.7. The summed E-state index contributed by atoms with van der Waals surface area (Å²) in [6.07, 6.45) is 0.463. The lowest BCUT2D eigenvalue weighted by atomic mass is 10.2. The van der Waals surface area contributed by atoms with Crippen LogP contribution in [0.25, 0.3) is 0 Å². The topological polar surface area (TPSA) is 88.2 Å². The van der Waals surface area contributed by atoms with Crippen molar-refractivity contribution in [3.63, 3.8) is 0 Å². The van der Waals surface area contributed by atoms with Crippen molar-refractivity contribution in [1.82, 2.24) is 9.80 Å². The first-order valence-electron chi connectivity index (χ1n) is 8.40. The van der Waals surface area contributed by atoms with Crippen LogP contribution < -0.4 is 14.8 Å². The summed E-state index contributed by atoms with van der Waals surface area (Å²) in [6.45, 7) is 1.09. The highest BCUT2D eigenvalue weighted by atomic mass is 32.2. The summed E-state index contributed by atoms with van der Waals surface area (Å²) in [6, 6.07) is 4.45. The number of sulfone groups is 1. The predicted octanol–water partition coefficient (Wildman–Crippen LogP) is 1.29. The number of carbonyl (C=O) groups is 1. The molecular weight excluding hydrogens is 358 g/mol. The molecule has 0 aliphatic carbocycles. The number of nitrogens with zero attached hydrogens (tertiary/aromatic N) is 2. The molecule has 0 bridgehead atoms. The molecular formula is C17H27N3O5S. The number of methoxy groups -OCH3 is 2. The van der Waals surface area contributed by atoms with E-state index in [1.807, 2.05) is 19.0 Å². The molecule has 0 saturated carbocycles. The second-order valence-corrected chi connectivity index (χ2v) is 8.81. The van der Waals surface area contributed by atoms with Crippen molar-refractivity contribution in [1.29, 1.82) is 0 Å². The summed E-state index contributed by atoms with van der Waals surface area (Å²) in [5.74, 6) is 1.25. The molecule has 1 N–H and O–H groups in total. The lowest BCUT2D eigenvalue weighted by Crippen LogP contribution is -2.46. The number of nitrogens with one attached hydrogen (secondary N) is 1. The van der Waals surface area contributed by atoms with E-state index >= 15 is 0 Å². The number of carbonyl (C=O) groups excluding carboxylic acids is 1. The molecule has 1 aliphatic heterocycles. The minimum absolute atomic E-state index is 0.00921. The standard InChI is InChI=1S/C17H27N3O5S/c1-19(2)6-7-20(14-5-8-26(22,23)12-14)17(21)18-13-9-15(24-3)11-16(10-13)25-4/h9-11,14H,5-8,12H2,1-4H3,(H,18,21). The summed E-state index contributed by atoms with van der Waals surface area (Å²) in [5.41, 5.74) is 0.530. The quantitative estimate of drug-likeness (QED) is 0.761. The van der Waals surface area contributed by atoms with Gasteiger partial charge < -0.3 is 24.6 Å². The van der Waals surface area contributed by atoms with E-state index in [4.69, 9.17) is 9.47 Å². The molecule has 1 fully saturated rings. The monoisotopic (exact) mass is 385 g/mol. The van der Waals surface area contributed by atoms with Crippen LogP contribution in [-0.2, 0) is 9.84 Å². The fourth-order valence-corrected chi connectivity index (χ4v) is 4.58. The summed E-state index contributed by atoms with van der Waals surface area (Å²) >= 11 is 0. The van der Waals surface area contributed by atoms with E-state index in [0.717, 1.165) is 0 Å². The zero-order valence-corrected chi connectivity index (χ0v) is 16.5. The summed E-state index contributed by atoms with van der Waals surface area (Å²) in [7, 11) is 3.81. The normalized spacial score (nSPS) is 18.6. The highest BCUT2D eigenvalue weighted by Crippen LogP contribution is 2.26. The van der Waals surface area contributed by atoms with Crippen LogP contribution in [0, 0.1) is 0 Å². The van der Waals surface area contributed by atoms with Gasteiger partial charge in [-0.3, -0.25) is 0 Å². The molecule has 1 saturated heterocycles. The van der Waals surface area contributed by atoms with Gasteiger partial charge in [0.15, 0.2) is 9.84 Å². The molecule has 9 heteroatoms. The van der Waals surface area contributed by atoms with Gasteiger partial charge >= 0.3 is 6.03 Å². The van der Waals surface area contributed by atoms with Crippen LogP contribution in [0.5, 0.6) is 11.5 Å². The number of hydrogen-bond donors (Lipinski definition) is 1. The van der Waals surface area contributed by atoms with E-state index in [-0.39, 0.29) is 23.6 Å². The van der Waals surface area contributed by atoms with Gasteiger partial charge in [0.25, 0.3) is 0 Å². The smallest absolute Gasteiger partial charge is 0.322 e. The zero-order chi connectivity index (χ0) is 19.3. The molecule has 0 spiro atoms. The number of likely N-dealkylation sites (N-methyl/N-ethyl adjacent to an activating group) is 1. The second kappa shape index (κ2) is 8.59. The van der Waals surface area contributed by atoms with Crippen molar-refractivity contribution >= 4 is 21.6 Å². The minimum atomic E-state index is -3.08. The lowest BCUT2D eigenvalue weighted by molar-refractivity contribution is 0.186. The Bertz CT molecular complexity index is 714. The fraction of sp³-hybridized carbons (Fsp3) is 0.588. The maximum absolute atomic E-state index is 12.8. The Morgan fingerprint density at radius 3 is 2.23 bits per heavy atom. The Hall–Kier alpha value is -2.00. The average Bonchev–Trinajstić information content (AvgIpc) is 2.93. The van der Waals surface area contributed by atoms with E-state index in [2.05, 4.69) is 5.32 Å². The number of ether oxygens (including phenoxy) is 2. The van der Waals surface area contributed by atoms with Gasteiger partial charge in [0.1, 0.15) is 11.5 Å². The molecule has 8 nitrogen and oxygen atoms in total. The van der Waals surface area contributed by atoms with Gasteiger partial charge in [0.05, 0.1) is 25.7 Å². The highest BCUT2D eigenvalue weighted by Gasteiger charge is 2.34. The average molecular weight is 385 g/mol. The molecule has 146 valence electrons. The Morgan fingerprint density at radius 2 is 1.77 bits per heavy atom. The minimum Gasteiger partial charge on any atom is -0.497 e. The largest absolute Gasteiger partial charge is 0.497 e. The molecule has 2 amide bonds. The van der Waals surface area contributed by atoms with Crippen LogP contribution in [0.4, 0.5) is 10.5 Å². The van der Waals surface area contributed by atoms with Crippen LogP contribution in [0.3, 0.4) is 0 Å². The van der Waals surface area contributed by atoms with E-state index in [1.54, 1.807) is 23.1 Å². The van der Waals surface area contributed by atoms with Crippen molar-refractivity contribution in [2.45, 2.75) is 12.5 Å². The highest BCUT2D eigenvalue weighted by molar-refractivity contribution is 7.91. The Labute approximate surface area is 155 Å². The van der Waals surface area contributed by atoms with E-state index in [0.29, 0.717) is 36.7 Å². The van der Waals surface area contributed by atoms with Gasteiger partial charge in [-0.15, -0.1) is 0 Å². The Morgan fingerprint density at radius 1 is 1.15 bits per heavy atom. The summed E-state index contributed by atoms with van der Waals surface area (Å²) in [5, 5.41) is 2.83. The molecule has 0 radical (unpaired) electrons. The Kier molecular flexibility index (Phi) is 6.71.